The molecule has 0 aliphatic rings. The van der Waals surface area contributed by atoms with Crippen LogP contribution in [0.1, 0.15) is 110 Å². The highest BCUT2D eigenvalue weighted by Gasteiger charge is 2.17. The van der Waals surface area contributed by atoms with Crippen LogP contribution in [0.2, 0.25) is 0 Å². The van der Waals surface area contributed by atoms with E-state index in [2.05, 4.69) is 44.9 Å². The Kier molecular flexibility index (Phi) is 18.9. The van der Waals surface area contributed by atoms with Crippen molar-refractivity contribution >= 4 is 0 Å². The third-order valence-corrected chi connectivity index (χ3v) is 5.50. The molecule has 25 heavy (non-hydrogen) atoms. The van der Waals surface area contributed by atoms with Crippen molar-refractivity contribution in [2.24, 2.45) is 11.8 Å². The summed E-state index contributed by atoms with van der Waals surface area (Å²) in [6.07, 6.45) is 28.1. The maximum absolute atomic E-state index is 3.96. The lowest BCUT2D eigenvalue weighted by atomic mass is 9.81. The van der Waals surface area contributed by atoms with Gasteiger partial charge < -0.3 is 0 Å². The molecule has 0 aliphatic heterocycles. The van der Waals surface area contributed by atoms with Gasteiger partial charge in [0, 0.05) is 0 Å². The average molecular weight is 347 g/mol. The van der Waals surface area contributed by atoms with Gasteiger partial charge in [0.25, 0.3) is 0 Å². The van der Waals surface area contributed by atoms with Gasteiger partial charge in [-0.1, -0.05) is 102 Å². The zero-order valence-electron chi connectivity index (χ0n) is 17.3. The molecule has 0 nitrogen and oxygen atoms in total. The van der Waals surface area contributed by atoms with Crippen molar-refractivity contribution in [1.82, 2.24) is 0 Å². The molecule has 1 unspecified atom stereocenters. The lowest BCUT2D eigenvalue weighted by Gasteiger charge is -2.24. The van der Waals surface area contributed by atoms with Gasteiger partial charge in [0.15, 0.2) is 0 Å². The fourth-order valence-electron chi connectivity index (χ4n) is 3.92. The maximum atomic E-state index is 3.96. The summed E-state index contributed by atoms with van der Waals surface area (Å²) >= 11 is 0. The number of rotatable bonds is 20. The number of hydrogen-bond donors (Lipinski definition) is 0. The molecule has 0 amide bonds. The van der Waals surface area contributed by atoms with Crippen LogP contribution in [-0.4, -0.2) is 0 Å². The lowest BCUT2D eigenvalue weighted by Crippen LogP contribution is -2.13. The Morgan fingerprint density at radius 3 is 1.28 bits per heavy atom. The van der Waals surface area contributed by atoms with E-state index in [-0.39, 0.29) is 0 Å². The molecule has 0 aliphatic carbocycles. The van der Waals surface area contributed by atoms with Gasteiger partial charge in [0.2, 0.25) is 0 Å². The van der Waals surface area contributed by atoms with Crippen molar-refractivity contribution in [1.29, 1.82) is 0 Å². The smallest absolute Gasteiger partial charge is 0.0314 e. The van der Waals surface area contributed by atoms with Crippen LogP contribution in [0.25, 0.3) is 0 Å². The SMILES string of the molecule is C=CCC(CC=C)C(CC=C)CCCCCCCCCCCCCC. The van der Waals surface area contributed by atoms with E-state index in [1.807, 2.05) is 0 Å². The topological polar surface area (TPSA) is 0 Å². The third kappa shape index (κ3) is 15.2. The Hall–Kier alpha value is -0.780. The minimum atomic E-state index is 0.709. The molecule has 0 aromatic rings. The fraction of sp³-hybridized carbons (Fsp3) is 0.760. The minimum absolute atomic E-state index is 0.709. The Morgan fingerprint density at radius 1 is 0.520 bits per heavy atom. The zero-order chi connectivity index (χ0) is 18.6. The van der Waals surface area contributed by atoms with Gasteiger partial charge in [0.1, 0.15) is 0 Å². The van der Waals surface area contributed by atoms with E-state index in [0.29, 0.717) is 5.92 Å². The van der Waals surface area contributed by atoms with Gasteiger partial charge in [-0.15, -0.1) is 19.7 Å². The molecule has 0 rings (SSSR count). The molecule has 0 heteroatoms. The lowest BCUT2D eigenvalue weighted by molar-refractivity contribution is 0.308. The first-order chi connectivity index (χ1) is 12.3. The van der Waals surface area contributed by atoms with Crippen molar-refractivity contribution < 1.29 is 0 Å². The largest absolute Gasteiger partial charge is 0.103 e. The van der Waals surface area contributed by atoms with Crippen molar-refractivity contribution in [3.63, 3.8) is 0 Å². The fourth-order valence-corrected chi connectivity index (χ4v) is 3.92. The summed E-state index contributed by atoms with van der Waals surface area (Å²) in [5.41, 5.74) is 0. The second-order valence-electron chi connectivity index (χ2n) is 7.77. The first-order valence-corrected chi connectivity index (χ1v) is 11.1. The molecular weight excluding hydrogens is 300 g/mol. The van der Waals surface area contributed by atoms with Crippen molar-refractivity contribution in [3.8, 4) is 0 Å². The minimum Gasteiger partial charge on any atom is -0.103 e. The maximum Gasteiger partial charge on any atom is -0.0314 e. The predicted molar refractivity (Wildman–Crippen MR) is 117 cm³/mol. The first kappa shape index (κ1) is 24.2. The molecule has 0 radical (unpaired) electrons. The van der Waals surface area contributed by atoms with Crippen LogP contribution >= 0.6 is 0 Å². The van der Waals surface area contributed by atoms with Crippen molar-refractivity contribution in [2.75, 3.05) is 0 Å². The summed E-state index contributed by atoms with van der Waals surface area (Å²) in [6, 6.07) is 0. The van der Waals surface area contributed by atoms with Crippen LogP contribution in [-0.2, 0) is 0 Å². The van der Waals surface area contributed by atoms with Crippen LogP contribution < -0.4 is 0 Å². The summed E-state index contributed by atoms with van der Waals surface area (Å²) in [7, 11) is 0. The number of hydrogen-bond acceptors (Lipinski definition) is 0. The van der Waals surface area contributed by atoms with E-state index in [1.54, 1.807) is 0 Å². The highest BCUT2D eigenvalue weighted by Crippen LogP contribution is 2.29. The molecule has 146 valence electrons. The zero-order valence-corrected chi connectivity index (χ0v) is 17.3. The van der Waals surface area contributed by atoms with Crippen LogP contribution in [0.4, 0.5) is 0 Å². The van der Waals surface area contributed by atoms with Crippen LogP contribution in [0, 0.1) is 11.8 Å². The summed E-state index contributed by atoms with van der Waals surface area (Å²) in [4.78, 5) is 0. The second kappa shape index (κ2) is 19.5. The summed E-state index contributed by atoms with van der Waals surface area (Å²) < 4.78 is 0. The Balaban J connectivity index is 3.66. The third-order valence-electron chi connectivity index (χ3n) is 5.50. The predicted octanol–water partition coefficient (Wildman–Crippen LogP) is 9.04. The van der Waals surface area contributed by atoms with Gasteiger partial charge in [-0.05, 0) is 37.5 Å². The van der Waals surface area contributed by atoms with E-state index in [4.69, 9.17) is 0 Å². The number of allylic oxidation sites excluding steroid dienone is 3. The van der Waals surface area contributed by atoms with Gasteiger partial charge in [-0.3, -0.25) is 0 Å². The molecule has 0 saturated heterocycles. The Bertz CT molecular complexity index is 291. The van der Waals surface area contributed by atoms with Crippen LogP contribution in [0.3, 0.4) is 0 Å². The van der Waals surface area contributed by atoms with E-state index < -0.39 is 0 Å². The van der Waals surface area contributed by atoms with Crippen molar-refractivity contribution in [2.45, 2.75) is 110 Å². The van der Waals surface area contributed by atoms with E-state index in [9.17, 15) is 0 Å². The monoisotopic (exact) mass is 346 g/mol. The highest BCUT2D eigenvalue weighted by atomic mass is 14.2. The average Bonchev–Trinajstić information content (AvgIpc) is 2.61. The molecule has 0 aromatic heterocycles. The molecular formula is C25H46. The van der Waals surface area contributed by atoms with E-state index in [0.717, 1.165) is 25.2 Å². The molecule has 0 saturated carbocycles. The highest BCUT2D eigenvalue weighted by molar-refractivity contribution is 4.86. The van der Waals surface area contributed by atoms with E-state index >= 15 is 0 Å². The first-order valence-electron chi connectivity index (χ1n) is 11.1. The normalized spacial score (nSPS) is 12.2. The standard InChI is InChI=1S/C25H46/c1-5-9-10-11-12-13-14-15-16-17-18-19-23-25(22-8-4)24(20-6-2)21-7-3/h6-8,24-25H,2-5,9-23H2,1H3. The second-order valence-corrected chi connectivity index (χ2v) is 7.77. The van der Waals surface area contributed by atoms with Gasteiger partial charge >= 0.3 is 0 Å². The Morgan fingerprint density at radius 2 is 0.880 bits per heavy atom. The molecule has 0 N–H and O–H groups in total. The van der Waals surface area contributed by atoms with Crippen LogP contribution in [0.5, 0.6) is 0 Å². The number of unbranched alkanes of at least 4 members (excludes halogenated alkanes) is 11. The quantitative estimate of drug-likeness (QED) is 0.152. The van der Waals surface area contributed by atoms with Crippen LogP contribution in [0.15, 0.2) is 38.0 Å². The molecule has 0 heterocycles. The molecule has 1 atom stereocenters. The van der Waals surface area contributed by atoms with Crippen molar-refractivity contribution in [3.05, 3.63) is 38.0 Å². The molecule has 0 fully saturated rings. The molecule has 0 spiro atoms. The summed E-state index contributed by atoms with van der Waals surface area (Å²) in [6.45, 7) is 14.1. The Labute approximate surface area is 159 Å². The van der Waals surface area contributed by atoms with Gasteiger partial charge in [-0.25, -0.2) is 0 Å². The van der Waals surface area contributed by atoms with Gasteiger partial charge in [-0.2, -0.15) is 0 Å². The molecule has 0 aromatic carbocycles. The summed E-state index contributed by atoms with van der Waals surface area (Å²) in [5, 5.41) is 0. The van der Waals surface area contributed by atoms with E-state index in [1.165, 1.54) is 83.5 Å². The molecule has 0 bridgehead atoms. The van der Waals surface area contributed by atoms with Gasteiger partial charge in [0.05, 0.1) is 0 Å². The summed E-state index contributed by atoms with van der Waals surface area (Å²) in [5.74, 6) is 1.47.